The molecular weight excluding hydrogens is 232 g/mol. The van der Waals surface area contributed by atoms with Crippen LogP contribution in [0.1, 0.15) is 37.0 Å². The number of piperazine rings is 1. The maximum atomic E-state index is 3.65. The molecule has 1 aromatic carbocycles. The van der Waals surface area contributed by atoms with E-state index in [9.17, 15) is 0 Å². The van der Waals surface area contributed by atoms with E-state index in [4.69, 9.17) is 0 Å². The summed E-state index contributed by atoms with van der Waals surface area (Å²) in [6.45, 7) is 13.6. The summed E-state index contributed by atoms with van der Waals surface area (Å²) in [6.07, 6.45) is 1.28. The van der Waals surface area contributed by atoms with Gasteiger partial charge in [0, 0.05) is 32.2 Å². The molecule has 1 N–H and O–H groups in total. The maximum absolute atomic E-state index is 3.65. The zero-order chi connectivity index (χ0) is 13.8. The first-order valence-corrected chi connectivity index (χ1v) is 7.56. The average molecular weight is 260 g/mol. The number of benzene rings is 1. The molecule has 0 bridgehead atoms. The summed E-state index contributed by atoms with van der Waals surface area (Å²) in [6, 6.07) is 7.57. The molecule has 1 aliphatic rings. The highest BCUT2D eigenvalue weighted by Crippen LogP contribution is 2.14. The third kappa shape index (κ3) is 4.63. The van der Waals surface area contributed by atoms with E-state index in [0.717, 1.165) is 19.0 Å². The second-order valence-electron chi connectivity index (χ2n) is 6.51. The monoisotopic (exact) mass is 260 g/mol. The lowest BCUT2D eigenvalue weighted by molar-refractivity contribution is 0.179. The van der Waals surface area contributed by atoms with Crippen LogP contribution >= 0.6 is 0 Å². The molecule has 0 spiro atoms. The van der Waals surface area contributed by atoms with E-state index in [-0.39, 0.29) is 0 Å². The zero-order valence-electron chi connectivity index (χ0n) is 12.9. The van der Waals surface area contributed by atoms with Crippen molar-refractivity contribution in [3.8, 4) is 0 Å². The van der Waals surface area contributed by atoms with Crippen molar-refractivity contribution in [1.82, 2.24) is 10.2 Å². The molecule has 106 valence electrons. The first kappa shape index (κ1) is 14.5. The van der Waals surface area contributed by atoms with Crippen LogP contribution in [-0.2, 0) is 6.54 Å². The standard InChI is InChI=1S/C17H28N2/c1-13(2)7-17-12-19(6-5-18-17)11-16-9-14(3)8-15(4)10-16/h8-10,13,17-18H,5-7,11-12H2,1-4H3. The second-order valence-corrected chi connectivity index (χ2v) is 6.51. The van der Waals surface area contributed by atoms with Gasteiger partial charge in [0.2, 0.25) is 0 Å². The van der Waals surface area contributed by atoms with E-state index in [2.05, 4.69) is 56.1 Å². The molecule has 0 amide bonds. The molecule has 2 heteroatoms. The van der Waals surface area contributed by atoms with Crippen molar-refractivity contribution in [2.45, 2.75) is 46.7 Å². The third-order valence-electron chi connectivity index (χ3n) is 3.78. The van der Waals surface area contributed by atoms with Crippen LogP contribution in [0.2, 0.25) is 0 Å². The van der Waals surface area contributed by atoms with Crippen LogP contribution in [0.25, 0.3) is 0 Å². The highest BCUT2D eigenvalue weighted by molar-refractivity contribution is 5.28. The fourth-order valence-electron chi connectivity index (χ4n) is 3.18. The van der Waals surface area contributed by atoms with E-state index < -0.39 is 0 Å². The number of aryl methyl sites for hydroxylation is 2. The molecule has 1 saturated heterocycles. The smallest absolute Gasteiger partial charge is 0.0235 e. The van der Waals surface area contributed by atoms with Gasteiger partial charge < -0.3 is 5.32 Å². The molecule has 1 aliphatic heterocycles. The quantitative estimate of drug-likeness (QED) is 0.895. The van der Waals surface area contributed by atoms with Crippen molar-refractivity contribution in [1.29, 1.82) is 0 Å². The normalized spacial score (nSPS) is 21.0. The molecular formula is C17H28N2. The van der Waals surface area contributed by atoms with Gasteiger partial charge in [-0.1, -0.05) is 43.2 Å². The van der Waals surface area contributed by atoms with Crippen LogP contribution in [0, 0.1) is 19.8 Å². The Kier molecular flexibility index (Phi) is 5.00. The molecule has 0 aliphatic carbocycles. The van der Waals surface area contributed by atoms with Gasteiger partial charge in [0.1, 0.15) is 0 Å². The molecule has 0 radical (unpaired) electrons. The van der Waals surface area contributed by atoms with Crippen molar-refractivity contribution in [3.05, 3.63) is 34.9 Å². The molecule has 19 heavy (non-hydrogen) atoms. The highest BCUT2D eigenvalue weighted by Gasteiger charge is 2.20. The zero-order valence-corrected chi connectivity index (χ0v) is 12.9. The predicted octanol–water partition coefficient (Wildman–Crippen LogP) is 3.12. The Morgan fingerprint density at radius 3 is 2.53 bits per heavy atom. The summed E-state index contributed by atoms with van der Waals surface area (Å²) >= 11 is 0. The Labute approximate surface area is 118 Å². The van der Waals surface area contributed by atoms with Crippen LogP contribution in [-0.4, -0.2) is 30.6 Å². The van der Waals surface area contributed by atoms with Gasteiger partial charge >= 0.3 is 0 Å². The number of nitrogens with zero attached hydrogens (tertiary/aromatic N) is 1. The fourth-order valence-corrected chi connectivity index (χ4v) is 3.18. The van der Waals surface area contributed by atoms with Crippen LogP contribution < -0.4 is 5.32 Å². The molecule has 1 fully saturated rings. The van der Waals surface area contributed by atoms with Crippen molar-refractivity contribution in [2.24, 2.45) is 5.92 Å². The summed E-state index contributed by atoms with van der Waals surface area (Å²) < 4.78 is 0. The Balaban J connectivity index is 1.94. The molecule has 1 aromatic rings. The first-order chi connectivity index (χ1) is 9.02. The molecule has 1 atom stereocenters. The van der Waals surface area contributed by atoms with Gasteiger partial charge in [-0.05, 0) is 31.7 Å². The Morgan fingerprint density at radius 1 is 1.21 bits per heavy atom. The van der Waals surface area contributed by atoms with Gasteiger partial charge in [0.25, 0.3) is 0 Å². The Bertz CT molecular complexity index is 391. The van der Waals surface area contributed by atoms with Crippen LogP contribution in [0.5, 0.6) is 0 Å². The lowest BCUT2D eigenvalue weighted by atomic mass is 10.0. The SMILES string of the molecule is Cc1cc(C)cc(CN2CCNC(CC(C)C)C2)c1. The minimum absolute atomic E-state index is 0.666. The summed E-state index contributed by atoms with van der Waals surface area (Å²) in [4.78, 5) is 2.60. The van der Waals surface area contributed by atoms with E-state index in [0.29, 0.717) is 6.04 Å². The fraction of sp³-hybridized carbons (Fsp3) is 0.647. The van der Waals surface area contributed by atoms with E-state index >= 15 is 0 Å². The summed E-state index contributed by atoms with van der Waals surface area (Å²) in [5.74, 6) is 0.777. The van der Waals surface area contributed by atoms with Crippen molar-refractivity contribution in [3.63, 3.8) is 0 Å². The lowest BCUT2D eigenvalue weighted by Gasteiger charge is -2.34. The van der Waals surface area contributed by atoms with Crippen molar-refractivity contribution >= 4 is 0 Å². The van der Waals surface area contributed by atoms with Crippen LogP contribution in [0.4, 0.5) is 0 Å². The van der Waals surface area contributed by atoms with Gasteiger partial charge in [-0.15, -0.1) is 0 Å². The van der Waals surface area contributed by atoms with Gasteiger partial charge in [-0.2, -0.15) is 0 Å². The lowest BCUT2D eigenvalue weighted by Crippen LogP contribution is -2.50. The van der Waals surface area contributed by atoms with E-state index in [1.165, 1.54) is 36.2 Å². The molecule has 1 unspecified atom stereocenters. The highest BCUT2D eigenvalue weighted by atomic mass is 15.2. The van der Waals surface area contributed by atoms with E-state index in [1.54, 1.807) is 0 Å². The van der Waals surface area contributed by atoms with Gasteiger partial charge in [0.05, 0.1) is 0 Å². The summed E-state index contributed by atoms with van der Waals surface area (Å²) in [5, 5.41) is 3.65. The number of hydrogen-bond acceptors (Lipinski definition) is 2. The summed E-state index contributed by atoms with van der Waals surface area (Å²) in [7, 11) is 0. The van der Waals surface area contributed by atoms with Crippen LogP contribution in [0.15, 0.2) is 18.2 Å². The minimum Gasteiger partial charge on any atom is -0.311 e. The topological polar surface area (TPSA) is 15.3 Å². The van der Waals surface area contributed by atoms with Crippen molar-refractivity contribution < 1.29 is 0 Å². The number of hydrogen-bond donors (Lipinski definition) is 1. The minimum atomic E-state index is 0.666. The average Bonchev–Trinajstić information content (AvgIpc) is 2.26. The van der Waals surface area contributed by atoms with Crippen LogP contribution in [0.3, 0.4) is 0 Å². The predicted molar refractivity (Wildman–Crippen MR) is 82.4 cm³/mol. The molecule has 1 heterocycles. The van der Waals surface area contributed by atoms with Gasteiger partial charge in [-0.25, -0.2) is 0 Å². The first-order valence-electron chi connectivity index (χ1n) is 7.56. The molecule has 2 rings (SSSR count). The van der Waals surface area contributed by atoms with Gasteiger partial charge in [0.15, 0.2) is 0 Å². The Morgan fingerprint density at radius 2 is 1.89 bits per heavy atom. The molecule has 0 aromatic heterocycles. The Hall–Kier alpha value is -0.860. The maximum Gasteiger partial charge on any atom is 0.0235 e. The third-order valence-corrected chi connectivity index (χ3v) is 3.78. The van der Waals surface area contributed by atoms with Gasteiger partial charge in [-0.3, -0.25) is 4.90 Å². The second kappa shape index (κ2) is 6.53. The van der Waals surface area contributed by atoms with E-state index in [1.807, 2.05) is 0 Å². The number of rotatable bonds is 4. The molecule has 0 saturated carbocycles. The van der Waals surface area contributed by atoms with Crippen molar-refractivity contribution in [2.75, 3.05) is 19.6 Å². The summed E-state index contributed by atoms with van der Waals surface area (Å²) in [5.41, 5.74) is 4.22. The molecule has 2 nitrogen and oxygen atoms in total. The largest absolute Gasteiger partial charge is 0.311 e. The number of nitrogens with one attached hydrogen (secondary N) is 1.